The lowest BCUT2D eigenvalue weighted by atomic mass is 10.4. The van der Waals surface area contributed by atoms with E-state index in [0.717, 1.165) is 17.6 Å². The largest absolute Gasteiger partial charge is 0.310 e. The third kappa shape index (κ3) is 3.87. The second-order valence-corrected chi connectivity index (χ2v) is 6.72. The lowest BCUT2D eigenvalue weighted by molar-refractivity contribution is 0.579. The Labute approximate surface area is 131 Å². The van der Waals surface area contributed by atoms with Crippen LogP contribution < -0.4 is 10.9 Å². The van der Waals surface area contributed by atoms with Gasteiger partial charge in [-0.15, -0.1) is 11.3 Å². The molecule has 2 aromatic rings. The van der Waals surface area contributed by atoms with Gasteiger partial charge >= 0.3 is 0 Å². The molecule has 4 nitrogen and oxygen atoms in total. The Hall–Kier alpha value is -0.250. The molecule has 0 saturated heterocycles. The van der Waals surface area contributed by atoms with Crippen LogP contribution >= 0.6 is 49.9 Å². The Morgan fingerprint density at radius 2 is 2.39 bits per heavy atom. The minimum Gasteiger partial charge on any atom is -0.310 e. The highest BCUT2D eigenvalue weighted by atomic mass is 127. The van der Waals surface area contributed by atoms with Crippen LogP contribution in [0, 0.1) is 3.57 Å². The second kappa shape index (κ2) is 6.78. The van der Waals surface area contributed by atoms with E-state index >= 15 is 0 Å². The molecule has 2 aromatic heterocycles. The minimum absolute atomic E-state index is 0.0197. The van der Waals surface area contributed by atoms with Gasteiger partial charge in [-0.3, -0.25) is 9.36 Å². The van der Waals surface area contributed by atoms with E-state index in [-0.39, 0.29) is 5.56 Å². The molecule has 7 heteroatoms. The van der Waals surface area contributed by atoms with E-state index in [2.05, 4.69) is 37.7 Å². The molecule has 96 valence electrons. The molecule has 18 heavy (non-hydrogen) atoms. The van der Waals surface area contributed by atoms with Crippen LogP contribution in [0.25, 0.3) is 0 Å². The summed E-state index contributed by atoms with van der Waals surface area (Å²) in [6.45, 7) is 2.20. The summed E-state index contributed by atoms with van der Waals surface area (Å²) in [4.78, 5) is 17.0. The summed E-state index contributed by atoms with van der Waals surface area (Å²) in [7, 11) is 0. The van der Waals surface area contributed by atoms with Crippen LogP contribution in [0.4, 0.5) is 0 Å². The number of hydrogen-bond donors (Lipinski definition) is 1. The zero-order chi connectivity index (χ0) is 13.0. The van der Waals surface area contributed by atoms with Crippen molar-refractivity contribution in [3.05, 3.63) is 47.2 Å². The van der Waals surface area contributed by atoms with Gasteiger partial charge in [-0.1, -0.05) is 0 Å². The Morgan fingerprint density at radius 3 is 3.11 bits per heavy atom. The van der Waals surface area contributed by atoms with E-state index in [9.17, 15) is 4.79 Å². The summed E-state index contributed by atoms with van der Waals surface area (Å²) < 4.78 is 3.39. The van der Waals surface area contributed by atoms with Crippen molar-refractivity contribution in [2.75, 3.05) is 6.54 Å². The topological polar surface area (TPSA) is 46.9 Å². The van der Waals surface area contributed by atoms with Crippen LogP contribution in [0.15, 0.2) is 33.2 Å². The van der Waals surface area contributed by atoms with Crippen molar-refractivity contribution in [3.8, 4) is 0 Å². The zero-order valence-corrected chi connectivity index (χ0v) is 14.0. The Bertz CT molecular complexity index is 584. The average molecular weight is 440 g/mol. The number of thiophene rings is 1. The van der Waals surface area contributed by atoms with Gasteiger partial charge in [0, 0.05) is 40.6 Å². The van der Waals surface area contributed by atoms with Gasteiger partial charge in [0.15, 0.2) is 0 Å². The highest BCUT2D eigenvalue weighted by Crippen LogP contribution is 2.19. The number of aromatic nitrogens is 2. The van der Waals surface area contributed by atoms with E-state index < -0.39 is 0 Å². The summed E-state index contributed by atoms with van der Waals surface area (Å²) in [5.74, 6) is 0. The SMILES string of the molecule is O=c1c(I)cncn1CCNCc1cc(Br)cs1. The van der Waals surface area contributed by atoms with E-state index in [4.69, 9.17) is 0 Å². The fraction of sp³-hybridized carbons (Fsp3) is 0.273. The zero-order valence-electron chi connectivity index (χ0n) is 9.40. The molecule has 0 unspecified atom stereocenters. The van der Waals surface area contributed by atoms with E-state index in [1.54, 1.807) is 28.4 Å². The number of nitrogens with zero attached hydrogens (tertiary/aromatic N) is 2. The summed E-state index contributed by atoms with van der Waals surface area (Å²) in [5, 5.41) is 5.37. The molecule has 1 N–H and O–H groups in total. The maximum Gasteiger partial charge on any atom is 0.266 e. The third-order valence-corrected chi connectivity index (χ3v) is 4.75. The van der Waals surface area contributed by atoms with Crippen molar-refractivity contribution in [1.29, 1.82) is 0 Å². The van der Waals surface area contributed by atoms with Crippen LogP contribution in [-0.2, 0) is 13.1 Å². The molecule has 0 aliphatic heterocycles. The highest BCUT2D eigenvalue weighted by molar-refractivity contribution is 14.1. The van der Waals surface area contributed by atoms with Gasteiger partial charge in [-0.2, -0.15) is 0 Å². The fourth-order valence-corrected chi connectivity index (χ4v) is 3.33. The molecule has 2 heterocycles. The second-order valence-electron chi connectivity index (χ2n) is 3.65. The minimum atomic E-state index is 0.0197. The average Bonchev–Trinajstić information content (AvgIpc) is 2.76. The molecule has 0 saturated carbocycles. The van der Waals surface area contributed by atoms with Crippen molar-refractivity contribution >= 4 is 49.9 Å². The van der Waals surface area contributed by atoms with Gasteiger partial charge in [0.2, 0.25) is 0 Å². The summed E-state index contributed by atoms with van der Waals surface area (Å²) >= 11 is 7.14. The summed E-state index contributed by atoms with van der Waals surface area (Å²) in [6.07, 6.45) is 3.16. The molecule has 0 aliphatic rings. The van der Waals surface area contributed by atoms with Crippen LogP contribution in [-0.4, -0.2) is 16.1 Å². The normalized spacial score (nSPS) is 10.8. The first-order valence-electron chi connectivity index (χ1n) is 5.30. The standard InChI is InChI=1S/C11H11BrIN3OS/c12-8-3-9(18-6-8)4-14-1-2-16-7-15-5-10(13)11(16)17/h3,5-7,14H,1-2,4H2. The molecular weight excluding hydrogens is 429 g/mol. The van der Waals surface area contributed by atoms with Gasteiger partial charge in [0.1, 0.15) is 0 Å². The van der Waals surface area contributed by atoms with Gasteiger partial charge in [-0.25, -0.2) is 4.98 Å². The maximum atomic E-state index is 11.7. The van der Waals surface area contributed by atoms with Crippen molar-refractivity contribution in [2.45, 2.75) is 13.1 Å². The van der Waals surface area contributed by atoms with Crippen molar-refractivity contribution in [2.24, 2.45) is 0 Å². The van der Waals surface area contributed by atoms with E-state index in [1.165, 1.54) is 4.88 Å². The van der Waals surface area contributed by atoms with Crippen LogP contribution in [0.5, 0.6) is 0 Å². The van der Waals surface area contributed by atoms with E-state index in [1.807, 2.05) is 22.6 Å². The first-order valence-corrected chi connectivity index (χ1v) is 8.05. The molecule has 0 atom stereocenters. The number of hydrogen-bond acceptors (Lipinski definition) is 4. The number of rotatable bonds is 5. The first-order chi connectivity index (χ1) is 8.66. The molecule has 2 rings (SSSR count). The van der Waals surface area contributed by atoms with Crippen LogP contribution in [0.3, 0.4) is 0 Å². The van der Waals surface area contributed by atoms with Gasteiger partial charge in [0.25, 0.3) is 5.56 Å². The van der Waals surface area contributed by atoms with Gasteiger partial charge < -0.3 is 5.32 Å². The summed E-state index contributed by atoms with van der Waals surface area (Å²) in [5.41, 5.74) is 0.0197. The number of halogens is 2. The number of nitrogens with one attached hydrogen (secondary N) is 1. The Balaban J connectivity index is 1.82. The molecule has 0 amide bonds. The predicted molar refractivity (Wildman–Crippen MR) is 84.9 cm³/mol. The third-order valence-electron chi connectivity index (χ3n) is 2.31. The van der Waals surface area contributed by atoms with Crippen molar-refractivity contribution < 1.29 is 0 Å². The first kappa shape index (κ1) is 14.2. The lowest BCUT2D eigenvalue weighted by Crippen LogP contribution is -2.28. The quantitative estimate of drug-likeness (QED) is 0.575. The van der Waals surface area contributed by atoms with Crippen LogP contribution in [0.2, 0.25) is 0 Å². The maximum absolute atomic E-state index is 11.7. The molecule has 0 aromatic carbocycles. The van der Waals surface area contributed by atoms with Gasteiger partial charge in [0.05, 0.1) is 9.90 Å². The van der Waals surface area contributed by atoms with Crippen LogP contribution in [0.1, 0.15) is 4.88 Å². The van der Waals surface area contributed by atoms with E-state index in [0.29, 0.717) is 10.1 Å². The molecule has 0 radical (unpaired) electrons. The summed E-state index contributed by atoms with van der Waals surface area (Å²) in [6, 6.07) is 2.09. The van der Waals surface area contributed by atoms with Crippen molar-refractivity contribution in [3.63, 3.8) is 0 Å². The smallest absolute Gasteiger partial charge is 0.266 e. The van der Waals surface area contributed by atoms with Crippen molar-refractivity contribution in [1.82, 2.24) is 14.9 Å². The van der Waals surface area contributed by atoms with Gasteiger partial charge in [-0.05, 0) is 44.6 Å². The predicted octanol–water partition coefficient (Wildman–Crippen LogP) is 2.46. The lowest BCUT2D eigenvalue weighted by Gasteiger charge is -2.06. The Kier molecular flexibility index (Phi) is 5.34. The molecule has 0 bridgehead atoms. The molecule has 0 aliphatic carbocycles. The molecule has 0 fully saturated rings. The highest BCUT2D eigenvalue weighted by Gasteiger charge is 2.01. The Morgan fingerprint density at radius 1 is 1.56 bits per heavy atom. The fourth-order valence-electron chi connectivity index (χ4n) is 1.44. The monoisotopic (exact) mass is 439 g/mol. The molecular formula is C11H11BrIN3OS. The molecule has 0 spiro atoms.